The fourth-order valence-electron chi connectivity index (χ4n) is 2.27. The van der Waals surface area contributed by atoms with Crippen LogP contribution in [0.5, 0.6) is 0 Å². The van der Waals surface area contributed by atoms with Crippen LogP contribution in [0.1, 0.15) is 16.8 Å². The number of aryl methyl sites for hydroxylation is 2. The SMILES string of the molecule is Cc1cc(C)c(NC(=O)NCC(O)Cc2ccccc2)c(Cl)n1. The molecule has 0 aliphatic carbocycles. The fraction of sp³-hybridized carbons (Fsp3) is 0.294. The number of nitrogens with one attached hydrogen (secondary N) is 2. The lowest BCUT2D eigenvalue weighted by Gasteiger charge is -2.14. The quantitative estimate of drug-likeness (QED) is 0.736. The van der Waals surface area contributed by atoms with Crippen LogP contribution in [0, 0.1) is 13.8 Å². The minimum absolute atomic E-state index is 0.149. The zero-order valence-electron chi connectivity index (χ0n) is 13.1. The molecule has 3 N–H and O–H groups in total. The highest BCUT2D eigenvalue weighted by Gasteiger charge is 2.12. The standard InChI is InChI=1S/C17H20ClN3O2/c1-11-8-12(2)20-16(18)15(11)21-17(23)19-10-14(22)9-13-6-4-3-5-7-13/h3-8,14,22H,9-10H2,1-2H3,(H2,19,21,23). The van der Waals surface area contributed by atoms with Gasteiger partial charge < -0.3 is 15.7 Å². The van der Waals surface area contributed by atoms with E-state index in [1.807, 2.05) is 50.2 Å². The molecule has 1 unspecified atom stereocenters. The number of aliphatic hydroxyl groups is 1. The Kier molecular flexibility index (Phi) is 5.96. The molecule has 5 nitrogen and oxygen atoms in total. The highest BCUT2D eigenvalue weighted by molar-refractivity contribution is 6.32. The van der Waals surface area contributed by atoms with Gasteiger partial charge in [0.05, 0.1) is 11.8 Å². The average Bonchev–Trinajstić information content (AvgIpc) is 2.50. The number of aliphatic hydroxyl groups excluding tert-OH is 1. The third-order valence-corrected chi connectivity index (χ3v) is 3.62. The second-order valence-corrected chi connectivity index (χ2v) is 5.78. The van der Waals surface area contributed by atoms with Crippen molar-refractivity contribution >= 4 is 23.3 Å². The first-order valence-corrected chi connectivity index (χ1v) is 7.74. The molecule has 0 saturated heterocycles. The molecule has 2 rings (SSSR count). The zero-order chi connectivity index (χ0) is 16.8. The minimum Gasteiger partial charge on any atom is -0.391 e. The van der Waals surface area contributed by atoms with Gasteiger partial charge in [0.1, 0.15) is 0 Å². The molecule has 2 aromatic rings. The monoisotopic (exact) mass is 333 g/mol. The smallest absolute Gasteiger partial charge is 0.319 e. The summed E-state index contributed by atoms with van der Waals surface area (Å²) in [4.78, 5) is 16.1. The summed E-state index contributed by atoms with van der Waals surface area (Å²) in [5, 5.41) is 15.5. The lowest BCUT2D eigenvalue weighted by atomic mass is 10.1. The van der Waals surface area contributed by atoms with Gasteiger partial charge in [-0.15, -0.1) is 0 Å². The number of carbonyl (C=O) groups is 1. The van der Waals surface area contributed by atoms with Gasteiger partial charge in [0.25, 0.3) is 0 Å². The maximum atomic E-state index is 11.9. The number of halogens is 1. The van der Waals surface area contributed by atoms with Crippen molar-refractivity contribution in [3.05, 3.63) is 58.4 Å². The molecule has 0 aliphatic rings. The Morgan fingerprint density at radius 1 is 1.30 bits per heavy atom. The van der Waals surface area contributed by atoms with Crippen LogP contribution in [0.2, 0.25) is 5.15 Å². The van der Waals surface area contributed by atoms with Gasteiger partial charge in [0.2, 0.25) is 0 Å². The maximum absolute atomic E-state index is 11.9. The van der Waals surface area contributed by atoms with E-state index in [9.17, 15) is 9.90 Å². The third-order valence-electron chi connectivity index (χ3n) is 3.35. The van der Waals surface area contributed by atoms with Gasteiger partial charge in [-0.2, -0.15) is 0 Å². The average molecular weight is 334 g/mol. The molecule has 0 aliphatic heterocycles. The van der Waals surface area contributed by atoms with E-state index in [0.717, 1.165) is 16.8 Å². The van der Waals surface area contributed by atoms with Crippen molar-refractivity contribution in [1.29, 1.82) is 0 Å². The summed E-state index contributed by atoms with van der Waals surface area (Å²) >= 11 is 6.05. The lowest BCUT2D eigenvalue weighted by molar-refractivity contribution is 0.172. The van der Waals surface area contributed by atoms with E-state index < -0.39 is 12.1 Å². The predicted octanol–water partition coefficient (Wildman–Crippen LogP) is 3.08. The second kappa shape index (κ2) is 7.94. The first kappa shape index (κ1) is 17.2. The molecule has 1 heterocycles. The van der Waals surface area contributed by atoms with E-state index >= 15 is 0 Å². The molecule has 0 radical (unpaired) electrons. The molecule has 0 saturated carbocycles. The van der Waals surface area contributed by atoms with Crippen LogP contribution in [-0.2, 0) is 6.42 Å². The molecule has 23 heavy (non-hydrogen) atoms. The summed E-state index contributed by atoms with van der Waals surface area (Å²) in [5.41, 5.74) is 3.12. The van der Waals surface area contributed by atoms with Gasteiger partial charge in [0, 0.05) is 18.7 Å². The molecule has 1 aromatic heterocycles. The van der Waals surface area contributed by atoms with Crippen LogP contribution in [0.25, 0.3) is 0 Å². The summed E-state index contributed by atoms with van der Waals surface area (Å²) in [6, 6.07) is 11.0. The van der Waals surface area contributed by atoms with Crippen molar-refractivity contribution in [3.63, 3.8) is 0 Å². The largest absolute Gasteiger partial charge is 0.391 e. The molecule has 0 spiro atoms. The number of hydrogen-bond acceptors (Lipinski definition) is 3. The van der Waals surface area contributed by atoms with Crippen LogP contribution < -0.4 is 10.6 Å². The number of amides is 2. The van der Waals surface area contributed by atoms with Crippen LogP contribution in [0.15, 0.2) is 36.4 Å². The number of pyridine rings is 1. The van der Waals surface area contributed by atoms with E-state index in [0.29, 0.717) is 12.1 Å². The number of nitrogens with zero attached hydrogens (tertiary/aromatic N) is 1. The van der Waals surface area contributed by atoms with Crippen molar-refractivity contribution in [3.8, 4) is 0 Å². The molecule has 0 bridgehead atoms. The van der Waals surface area contributed by atoms with Gasteiger partial charge in [-0.3, -0.25) is 0 Å². The van der Waals surface area contributed by atoms with Gasteiger partial charge in [0.15, 0.2) is 5.15 Å². The van der Waals surface area contributed by atoms with Crippen LogP contribution in [0.4, 0.5) is 10.5 Å². The van der Waals surface area contributed by atoms with Crippen molar-refractivity contribution < 1.29 is 9.90 Å². The van der Waals surface area contributed by atoms with Crippen molar-refractivity contribution in [1.82, 2.24) is 10.3 Å². The lowest BCUT2D eigenvalue weighted by Crippen LogP contribution is -2.36. The molecular weight excluding hydrogens is 314 g/mol. The summed E-state index contributed by atoms with van der Waals surface area (Å²) in [7, 11) is 0. The molecule has 1 atom stereocenters. The summed E-state index contributed by atoms with van der Waals surface area (Å²) < 4.78 is 0. The zero-order valence-corrected chi connectivity index (χ0v) is 13.9. The molecule has 6 heteroatoms. The van der Waals surface area contributed by atoms with Gasteiger partial charge in [-0.1, -0.05) is 41.9 Å². The Labute approximate surface area is 140 Å². The molecular formula is C17H20ClN3O2. The molecule has 1 aromatic carbocycles. The number of hydrogen-bond donors (Lipinski definition) is 3. The number of anilines is 1. The topological polar surface area (TPSA) is 74.2 Å². The van der Waals surface area contributed by atoms with E-state index in [2.05, 4.69) is 15.6 Å². The van der Waals surface area contributed by atoms with Crippen molar-refractivity contribution in [2.75, 3.05) is 11.9 Å². The highest BCUT2D eigenvalue weighted by Crippen LogP contribution is 2.24. The van der Waals surface area contributed by atoms with Gasteiger partial charge >= 0.3 is 6.03 Å². The van der Waals surface area contributed by atoms with Crippen LogP contribution >= 0.6 is 11.6 Å². The highest BCUT2D eigenvalue weighted by atomic mass is 35.5. The number of benzene rings is 1. The van der Waals surface area contributed by atoms with E-state index in [1.165, 1.54) is 0 Å². The van der Waals surface area contributed by atoms with Gasteiger partial charge in [-0.05, 0) is 31.0 Å². The Hall–Kier alpha value is -2.11. The molecule has 2 amide bonds. The number of aromatic nitrogens is 1. The normalized spacial score (nSPS) is 11.8. The summed E-state index contributed by atoms with van der Waals surface area (Å²) in [6.07, 6.45) is -0.177. The first-order chi connectivity index (χ1) is 11.0. The fourth-order valence-corrected chi connectivity index (χ4v) is 2.60. The number of rotatable bonds is 5. The molecule has 122 valence electrons. The third kappa shape index (κ3) is 5.23. The minimum atomic E-state index is -0.657. The summed E-state index contributed by atoms with van der Waals surface area (Å²) in [6.45, 7) is 3.83. The van der Waals surface area contributed by atoms with Crippen molar-refractivity contribution in [2.24, 2.45) is 0 Å². The predicted molar refractivity (Wildman–Crippen MR) is 91.9 cm³/mol. The van der Waals surface area contributed by atoms with E-state index in [1.54, 1.807) is 0 Å². The van der Waals surface area contributed by atoms with E-state index in [4.69, 9.17) is 11.6 Å². The van der Waals surface area contributed by atoms with E-state index in [-0.39, 0.29) is 11.7 Å². The Morgan fingerprint density at radius 3 is 2.65 bits per heavy atom. The summed E-state index contributed by atoms with van der Waals surface area (Å²) in [5.74, 6) is 0. The Morgan fingerprint density at radius 2 is 2.00 bits per heavy atom. The van der Waals surface area contributed by atoms with Gasteiger partial charge in [-0.25, -0.2) is 9.78 Å². The van der Waals surface area contributed by atoms with Crippen LogP contribution in [-0.4, -0.2) is 28.8 Å². The number of carbonyl (C=O) groups excluding carboxylic acids is 1. The Bertz CT molecular complexity index is 654. The second-order valence-electron chi connectivity index (χ2n) is 5.42. The van der Waals surface area contributed by atoms with Crippen LogP contribution in [0.3, 0.4) is 0 Å². The van der Waals surface area contributed by atoms with Crippen molar-refractivity contribution in [2.45, 2.75) is 26.4 Å². The molecule has 0 fully saturated rings. The first-order valence-electron chi connectivity index (χ1n) is 7.36. The Balaban J connectivity index is 1.86. The number of urea groups is 1. The maximum Gasteiger partial charge on any atom is 0.319 e.